The van der Waals surface area contributed by atoms with Crippen LogP contribution in [0.25, 0.3) is 0 Å². The van der Waals surface area contributed by atoms with Gasteiger partial charge in [-0.1, -0.05) is 0 Å². The van der Waals surface area contributed by atoms with E-state index in [9.17, 15) is 18.0 Å². The smallest absolute Gasteiger partial charge is 0.426 e. The molecule has 0 amide bonds. The first-order valence-corrected chi connectivity index (χ1v) is 5.89. The third-order valence-electron chi connectivity index (χ3n) is 2.20. The van der Waals surface area contributed by atoms with Crippen LogP contribution >= 0.6 is 11.3 Å². The van der Waals surface area contributed by atoms with Crippen LogP contribution in [0.1, 0.15) is 20.1 Å². The molecule has 104 valence electrons. The molecule has 3 N–H and O–H groups in total. The SMILES string of the molecule is C[NH+]=C(C=CN)c1cc(C(=O)OC)sc1C(F)(F)F. The Balaban J connectivity index is 3.44. The fourth-order valence-electron chi connectivity index (χ4n) is 1.41. The first-order valence-electron chi connectivity index (χ1n) is 5.07. The lowest BCUT2D eigenvalue weighted by atomic mass is 10.1. The molecule has 1 rings (SSSR count). The third-order valence-corrected chi connectivity index (χ3v) is 3.36. The lowest BCUT2D eigenvalue weighted by Crippen LogP contribution is -2.67. The van der Waals surface area contributed by atoms with Crippen LogP contribution in [0, 0.1) is 0 Å². The molecular weight excluding hydrogens is 281 g/mol. The Morgan fingerprint density at radius 3 is 2.58 bits per heavy atom. The number of esters is 1. The zero-order valence-corrected chi connectivity index (χ0v) is 11.0. The number of methoxy groups -OCH3 is 1. The van der Waals surface area contributed by atoms with Crippen molar-refractivity contribution in [3.05, 3.63) is 33.7 Å². The number of thiophene rings is 1. The van der Waals surface area contributed by atoms with Crippen LogP contribution in [0.5, 0.6) is 0 Å². The second kappa shape index (κ2) is 5.87. The number of carbonyl (C=O) groups excluding carboxylic acids is 1. The molecule has 0 aromatic carbocycles. The Morgan fingerprint density at radius 1 is 1.53 bits per heavy atom. The largest absolute Gasteiger partial charge is 0.465 e. The second-order valence-electron chi connectivity index (χ2n) is 3.37. The van der Waals surface area contributed by atoms with Crippen LogP contribution in [0.4, 0.5) is 13.2 Å². The van der Waals surface area contributed by atoms with Crippen molar-refractivity contribution >= 4 is 23.0 Å². The van der Waals surface area contributed by atoms with Crippen molar-refractivity contribution in [2.24, 2.45) is 5.73 Å². The Morgan fingerprint density at radius 2 is 2.16 bits per heavy atom. The maximum Gasteiger partial charge on any atom is 0.426 e. The molecule has 1 heterocycles. The molecule has 0 spiro atoms. The van der Waals surface area contributed by atoms with Crippen molar-refractivity contribution in [3.8, 4) is 0 Å². The maximum atomic E-state index is 12.9. The van der Waals surface area contributed by atoms with Gasteiger partial charge < -0.3 is 10.5 Å². The predicted molar refractivity (Wildman–Crippen MR) is 65.0 cm³/mol. The number of hydrogen-bond donors (Lipinski definition) is 2. The molecule has 0 aliphatic carbocycles. The van der Waals surface area contributed by atoms with Gasteiger partial charge in [0.05, 0.1) is 12.7 Å². The van der Waals surface area contributed by atoms with E-state index < -0.39 is 17.0 Å². The summed E-state index contributed by atoms with van der Waals surface area (Å²) in [6.07, 6.45) is -2.16. The van der Waals surface area contributed by atoms with Gasteiger partial charge in [0.15, 0.2) is 0 Å². The highest BCUT2D eigenvalue weighted by atomic mass is 32.1. The Hall–Kier alpha value is -1.83. The van der Waals surface area contributed by atoms with Crippen molar-refractivity contribution in [3.63, 3.8) is 0 Å². The number of nitrogens with two attached hydrogens (primary N) is 1. The van der Waals surface area contributed by atoms with E-state index in [0.29, 0.717) is 11.3 Å². The zero-order valence-electron chi connectivity index (χ0n) is 10.2. The lowest BCUT2D eigenvalue weighted by Gasteiger charge is -2.04. The number of alkyl halides is 3. The molecule has 0 fully saturated rings. The number of rotatable bonds is 3. The quantitative estimate of drug-likeness (QED) is 0.631. The van der Waals surface area contributed by atoms with Gasteiger partial charge >= 0.3 is 12.1 Å². The van der Waals surface area contributed by atoms with E-state index >= 15 is 0 Å². The maximum absolute atomic E-state index is 12.9. The average molecular weight is 293 g/mol. The van der Waals surface area contributed by atoms with E-state index in [4.69, 9.17) is 5.73 Å². The molecule has 0 bridgehead atoms. The number of hydrogen-bond acceptors (Lipinski definition) is 4. The predicted octanol–water partition coefficient (Wildman–Crippen LogP) is 0.525. The normalized spacial score (nSPS) is 13.0. The zero-order chi connectivity index (χ0) is 14.6. The molecule has 1 aromatic rings. The minimum atomic E-state index is -4.56. The van der Waals surface area contributed by atoms with Crippen molar-refractivity contribution in [1.82, 2.24) is 0 Å². The van der Waals surface area contributed by atoms with E-state index in [1.807, 2.05) is 0 Å². The van der Waals surface area contributed by atoms with E-state index in [-0.39, 0.29) is 16.2 Å². The highest BCUT2D eigenvalue weighted by Crippen LogP contribution is 2.38. The molecule has 19 heavy (non-hydrogen) atoms. The van der Waals surface area contributed by atoms with Crippen LogP contribution in [0.15, 0.2) is 18.3 Å². The molecule has 8 heteroatoms. The van der Waals surface area contributed by atoms with E-state index in [1.165, 1.54) is 13.1 Å². The van der Waals surface area contributed by atoms with E-state index in [1.54, 1.807) is 0 Å². The summed E-state index contributed by atoms with van der Waals surface area (Å²) < 4.78 is 43.2. The first kappa shape index (κ1) is 15.2. The van der Waals surface area contributed by atoms with Crippen LogP contribution in [0.2, 0.25) is 0 Å². The average Bonchev–Trinajstić information content (AvgIpc) is 2.79. The highest BCUT2D eigenvalue weighted by Gasteiger charge is 2.39. The summed E-state index contributed by atoms with van der Waals surface area (Å²) in [6.45, 7) is 0. The molecule has 0 saturated heterocycles. The van der Waals surface area contributed by atoms with Gasteiger partial charge in [-0.25, -0.2) is 9.79 Å². The van der Waals surface area contributed by atoms with Crippen LogP contribution in [-0.2, 0) is 10.9 Å². The second-order valence-corrected chi connectivity index (χ2v) is 4.42. The molecule has 0 unspecified atom stereocenters. The van der Waals surface area contributed by atoms with Gasteiger partial charge in [-0.05, 0) is 6.07 Å². The molecule has 0 aliphatic heterocycles. The summed E-state index contributed by atoms with van der Waals surface area (Å²) in [7, 11) is 2.57. The fraction of sp³-hybridized carbons (Fsp3) is 0.273. The topological polar surface area (TPSA) is 66.3 Å². The van der Waals surface area contributed by atoms with E-state index in [0.717, 1.165) is 19.4 Å². The van der Waals surface area contributed by atoms with Crippen molar-refractivity contribution in [2.75, 3.05) is 14.2 Å². The Kier molecular flexibility index (Phi) is 4.71. The molecule has 0 radical (unpaired) electrons. The molecular formula is C11H12F3N2O2S+. The van der Waals surface area contributed by atoms with Gasteiger partial charge in [-0.15, -0.1) is 11.3 Å². The summed E-state index contributed by atoms with van der Waals surface area (Å²) in [5, 5.41) is 0. The summed E-state index contributed by atoms with van der Waals surface area (Å²) in [6, 6.07) is 1.13. The fourth-order valence-corrected chi connectivity index (χ4v) is 2.36. The third kappa shape index (κ3) is 3.34. The van der Waals surface area contributed by atoms with E-state index in [2.05, 4.69) is 9.73 Å². The highest BCUT2D eigenvalue weighted by molar-refractivity contribution is 7.14. The summed E-state index contributed by atoms with van der Waals surface area (Å²) in [4.78, 5) is 12.9. The Bertz CT molecular complexity index is 533. The van der Waals surface area contributed by atoms with Gasteiger partial charge in [0.2, 0.25) is 5.71 Å². The number of carbonyl (C=O) groups is 1. The molecule has 4 nitrogen and oxygen atoms in total. The molecule has 0 saturated carbocycles. The van der Waals surface area contributed by atoms with Gasteiger partial charge in [0.1, 0.15) is 16.8 Å². The minimum absolute atomic E-state index is 0.122. The summed E-state index contributed by atoms with van der Waals surface area (Å²) in [5.74, 6) is -0.811. The van der Waals surface area contributed by atoms with Crippen LogP contribution < -0.4 is 10.7 Å². The molecule has 1 aromatic heterocycles. The molecule has 0 atom stereocenters. The van der Waals surface area contributed by atoms with Crippen LogP contribution in [0.3, 0.4) is 0 Å². The number of allylic oxidation sites excluding steroid dienone is 1. The summed E-state index contributed by atoms with van der Waals surface area (Å²) in [5.41, 5.74) is 5.21. The van der Waals surface area contributed by atoms with Gasteiger partial charge in [0, 0.05) is 12.3 Å². The van der Waals surface area contributed by atoms with Crippen molar-refractivity contribution in [1.29, 1.82) is 0 Å². The van der Waals surface area contributed by atoms with Crippen molar-refractivity contribution in [2.45, 2.75) is 6.18 Å². The number of nitrogens with one attached hydrogen (secondary N) is 1. The standard InChI is InChI=1S/C11H11F3N2O2S/c1-16-7(3-4-15)6-5-8(10(17)18-2)19-9(6)11(12,13)14/h3-5H,15H2,1-2H3/p+1. The lowest BCUT2D eigenvalue weighted by molar-refractivity contribution is -0.418. The van der Waals surface area contributed by atoms with Crippen LogP contribution in [-0.4, -0.2) is 25.8 Å². The van der Waals surface area contributed by atoms with Gasteiger partial charge in [0.25, 0.3) is 0 Å². The Labute approximate surface area is 111 Å². The number of halogens is 3. The number of ether oxygens (including phenoxy) is 1. The molecule has 0 aliphatic rings. The summed E-state index contributed by atoms with van der Waals surface area (Å²) >= 11 is 0.334. The van der Waals surface area contributed by atoms with Gasteiger partial charge in [-0.2, -0.15) is 13.2 Å². The monoisotopic (exact) mass is 293 g/mol. The van der Waals surface area contributed by atoms with Gasteiger partial charge in [-0.3, -0.25) is 0 Å². The minimum Gasteiger partial charge on any atom is -0.465 e. The first-order chi connectivity index (χ1) is 8.85. The van der Waals surface area contributed by atoms with Crippen molar-refractivity contribution < 1.29 is 27.7 Å².